The van der Waals surface area contributed by atoms with Gasteiger partial charge in [-0.05, 0) is 37.6 Å². The molecule has 1 aromatic carbocycles. The molecule has 2 rings (SSSR count). The Morgan fingerprint density at radius 3 is 2.31 bits per heavy atom. The van der Waals surface area contributed by atoms with E-state index in [1.807, 2.05) is 13.8 Å². The van der Waals surface area contributed by atoms with Gasteiger partial charge in [0.05, 0.1) is 0 Å². The molecule has 1 heterocycles. The molecule has 0 radical (unpaired) electrons. The van der Waals surface area contributed by atoms with Crippen LogP contribution >= 0.6 is 0 Å². The van der Waals surface area contributed by atoms with E-state index in [0.717, 1.165) is 5.56 Å². The van der Waals surface area contributed by atoms with Gasteiger partial charge in [0.15, 0.2) is 16.2 Å². The van der Waals surface area contributed by atoms with Gasteiger partial charge < -0.3 is 9.47 Å². The first-order chi connectivity index (χ1) is 12.5. The summed E-state index contributed by atoms with van der Waals surface area (Å²) in [6, 6.07) is 13.3. The van der Waals surface area contributed by atoms with Crippen LogP contribution < -0.4 is 0 Å². The van der Waals surface area contributed by atoms with E-state index in [1.165, 1.54) is 18.3 Å². The molecule has 136 valence electrons. The highest BCUT2D eigenvalue weighted by Crippen LogP contribution is 2.22. The van der Waals surface area contributed by atoms with E-state index in [9.17, 15) is 13.7 Å². The fraction of sp³-hybridized carbons (Fsp3) is 0.263. The van der Waals surface area contributed by atoms with E-state index < -0.39 is 16.1 Å². The Balaban J connectivity index is 2.31. The van der Waals surface area contributed by atoms with Crippen LogP contribution in [-0.2, 0) is 19.3 Å². The molecular weight excluding hydrogens is 352 g/mol. The molecule has 0 bridgehead atoms. The minimum atomic E-state index is -3.95. The van der Waals surface area contributed by atoms with Crippen molar-refractivity contribution in [1.82, 2.24) is 4.98 Å². The second-order valence-corrected chi connectivity index (χ2v) is 7.07. The van der Waals surface area contributed by atoms with Crippen LogP contribution in [0.1, 0.15) is 31.3 Å². The number of hydrogen-bond donors (Lipinski definition) is 0. The Morgan fingerprint density at radius 2 is 1.81 bits per heavy atom. The van der Waals surface area contributed by atoms with Gasteiger partial charge in [-0.1, -0.05) is 30.3 Å². The van der Waals surface area contributed by atoms with Crippen LogP contribution in [0.2, 0.25) is 0 Å². The highest BCUT2D eigenvalue weighted by molar-refractivity contribution is 7.95. The van der Waals surface area contributed by atoms with Crippen molar-refractivity contribution >= 4 is 15.9 Å². The SMILES string of the molecule is CCOC(OCC)c1ccc(/C=C(/C#N)S(=O)(=O)c2ccccn2)cc1. The van der Waals surface area contributed by atoms with E-state index >= 15 is 0 Å². The van der Waals surface area contributed by atoms with E-state index in [2.05, 4.69) is 4.98 Å². The summed E-state index contributed by atoms with van der Waals surface area (Å²) in [6.07, 6.45) is 2.22. The zero-order chi connectivity index (χ0) is 19.0. The summed E-state index contributed by atoms with van der Waals surface area (Å²) in [7, 11) is -3.95. The number of aromatic nitrogens is 1. The van der Waals surface area contributed by atoms with Gasteiger partial charge in [-0.25, -0.2) is 13.4 Å². The van der Waals surface area contributed by atoms with Crippen molar-refractivity contribution in [3.63, 3.8) is 0 Å². The highest BCUT2D eigenvalue weighted by Gasteiger charge is 2.22. The lowest BCUT2D eigenvalue weighted by atomic mass is 10.1. The number of allylic oxidation sites excluding steroid dienone is 1. The fourth-order valence-electron chi connectivity index (χ4n) is 2.23. The Kier molecular flexibility index (Phi) is 7.04. The molecule has 26 heavy (non-hydrogen) atoms. The minimum Gasteiger partial charge on any atom is -0.349 e. The van der Waals surface area contributed by atoms with Crippen LogP contribution in [0.25, 0.3) is 6.08 Å². The topological polar surface area (TPSA) is 89.3 Å². The zero-order valence-corrected chi connectivity index (χ0v) is 15.4. The molecule has 0 saturated carbocycles. The first-order valence-electron chi connectivity index (χ1n) is 8.14. The minimum absolute atomic E-state index is 0.155. The first-order valence-corrected chi connectivity index (χ1v) is 9.62. The van der Waals surface area contributed by atoms with Crippen LogP contribution in [0.3, 0.4) is 0 Å². The Hall–Kier alpha value is -2.53. The second-order valence-electron chi connectivity index (χ2n) is 5.20. The average molecular weight is 372 g/mol. The predicted molar refractivity (Wildman–Crippen MR) is 97.4 cm³/mol. The number of ether oxygens (including phenoxy) is 2. The van der Waals surface area contributed by atoms with Gasteiger partial charge in [-0.15, -0.1) is 0 Å². The molecule has 0 aliphatic heterocycles. The Bertz CT molecular complexity index is 879. The van der Waals surface area contributed by atoms with Gasteiger partial charge in [-0.2, -0.15) is 5.26 Å². The summed E-state index contributed by atoms with van der Waals surface area (Å²) < 4.78 is 36.1. The van der Waals surface area contributed by atoms with Crippen molar-refractivity contribution < 1.29 is 17.9 Å². The van der Waals surface area contributed by atoms with Gasteiger partial charge in [-0.3, -0.25) is 0 Å². The number of rotatable bonds is 8. The van der Waals surface area contributed by atoms with Crippen molar-refractivity contribution in [3.05, 3.63) is 64.7 Å². The maximum absolute atomic E-state index is 12.5. The molecule has 0 atom stereocenters. The van der Waals surface area contributed by atoms with Crippen LogP contribution in [0, 0.1) is 11.3 Å². The number of hydrogen-bond acceptors (Lipinski definition) is 6. The maximum atomic E-state index is 12.5. The summed E-state index contributed by atoms with van der Waals surface area (Å²) >= 11 is 0. The van der Waals surface area contributed by atoms with Crippen LogP contribution in [0.5, 0.6) is 0 Å². The van der Waals surface area contributed by atoms with Gasteiger partial charge in [0.2, 0.25) is 9.84 Å². The molecule has 0 N–H and O–H groups in total. The highest BCUT2D eigenvalue weighted by atomic mass is 32.2. The Labute approximate surface area is 153 Å². The van der Waals surface area contributed by atoms with Crippen molar-refractivity contribution in [2.45, 2.75) is 25.2 Å². The molecular formula is C19H20N2O4S. The second kappa shape index (κ2) is 9.25. The fourth-order valence-corrected chi connectivity index (χ4v) is 3.33. The van der Waals surface area contributed by atoms with Gasteiger partial charge >= 0.3 is 0 Å². The molecule has 0 fully saturated rings. The molecule has 6 nitrogen and oxygen atoms in total. The number of nitrogens with zero attached hydrogens (tertiary/aromatic N) is 2. The standard InChI is InChI=1S/C19H20N2O4S/c1-3-24-19(25-4-2)16-10-8-15(9-11-16)13-17(14-20)26(22,23)18-7-5-6-12-21-18/h5-13,19H,3-4H2,1-2H3/b17-13-. The summed E-state index contributed by atoms with van der Waals surface area (Å²) in [6.45, 7) is 4.77. The molecule has 0 amide bonds. The lowest BCUT2D eigenvalue weighted by Crippen LogP contribution is -2.08. The molecule has 7 heteroatoms. The molecule has 1 aromatic heterocycles. The molecule has 0 aliphatic carbocycles. The summed E-state index contributed by atoms with van der Waals surface area (Å²) in [5.41, 5.74) is 1.40. The van der Waals surface area contributed by atoms with Crippen LogP contribution in [0.15, 0.2) is 58.6 Å². The van der Waals surface area contributed by atoms with Gasteiger partial charge in [0, 0.05) is 25.0 Å². The predicted octanol–water partition coefficient (Wildman–Crippen LogP) is 3.49. The number of nitriles is 1. The smallest absolute Gasteiger partial charge is 0.233 e. The number of benzene rings is 1. The molecule has 2 aromatic rings. The monoisotopic (exact) mass is 372 g/mol. The molecule has 0 aliphatic rings. The average Bonchev–Trinajstić information content (AvgIpc) is 2.67. The summed E-state index contributed by atoms with van der Waals surface area (Å²) in [5, 5.41) is 9.15. The van der Waals surface area contributed by atoms with Crippen molar-refractivity contribution in [2.24, 2.45) is 0 Å². The number of pyridine rings is 1. The van der Waals surface area contributed by atoms with Crippen LogP contribution in [0.4, 0.5) is 0 Å². The van der Waals surface area contributed by atoms with Crippen molar-refractivity contribution in [1.29, 1.82) is 5.26 Å². The lowest BCUT2D eigenvalue weighted by Gasteiger charge is -2.17. The third kappa shape index (κ3) is 4.76. The molecule has 0 spiro atoms. The first kappa shape index (κ1) is 19.8. The third-order valence-corrected chi connectivity index (χ3v) is 5.04. The van der Waals surface area contributed by atoms with Crippen molar-refractivity contribution in [2.75, 3.05) is 13.2 Å². The van der Waals surface area contributed by atoms with Gasteiger partial charge in [0.1, 0.15) is 6.07 Å². The van der Waals surface area contributed by atoms with Crippen LogP contribution in [-0.4, -0.2) is 26.6 Å². The van der Waals surface area contributed by atoms with E-state index in [1.54, 1.807) is 42.5 Å². The molecule has 0 saturated heterocycles. The third-order valence-electron chi connectivity index (χ3n) is 3.46. The summed E-state index contributed by atoms with van der Waals surface area (Å²) in [5.74, 6) is 0. The van der Waals surface area contributed by atoms with Crippen molar-refractivity contribution in [3.8, 4) is 6.07 Å². The normalized spacial score (nSPS) is 12.2. The lowest BCUT2D eigenvalue weighted by molar-refractivity contribution is -0.140. The van der Waals surface area contributed by atoms with E-state index in [4.69, 9.17) is 9.47 Å². The summed E-state index contributed by atoms with van der Waals surface area (Å²) in [4.78, 5) is 3.46. The largest absolute Gasteiger partial charge is 0.349 e. The van der Waals surface area contributed by atoms with Gasteiger partial charge in [0.25, 0.3) is 0 Å². The number of sulfone groups is 1. The maximum Gasteiger partial charge on any atom is 0.233 e. The quantitative estimate of drug-likeness (QED) is 0.520. The van der Waals surface area contributed by atoms with E-state index in [0.29, 0.717) is 18.8 Å². The zero-order valence-electron chi connectivity index (χ0n) is 14.6. The van der Waals surface area contributed by atoms with E-state index in [-0.39, 0.29) is 9.93 Å². The Morgan fingerprint density at radius 1 is 1.15 bits per heavy atom. The molecule has 0 unspecified atom stereocenters.